The van der Waals surface area contributed by atoms with Crippen molar-refractivity contribution in [3.05, 3.63) is 69.7 Å². The first-order valence-electron chi connectivity index (χ1n) is 8.51. The van der Waals surface area contributed by atoms with Gasteiger partial charge in [0.1, 0.15) is 6.29 Å². The van der Waals surface area contributed by atoms with E-state index in [4.69, 9.17) is 23.2 Å². The van der Waals surface area contributed by atoms with Crippen molar-refractivity contribution in [3.63, 3.8) is 0 Å². The van der Waals surface area contributed by atoms with E-state index < -0.39 is 0 Å². The SMILES string of the molecule is Clc1cccc(C2SCCCS2)c1.O=Cc1cccc(Cl)c1.SCCCS. The molecule has 7 heteroatoms. The fourth-order valence-electron chi connectivity index (χ4n) is 1.98. The van der Waals surface area contributed by atoms with E-state index in [0.717, 1.165) is 29.2 Å². The molecule has 2 aromatic carbocycles. The van der Waals surface area contributed by atoms with Gasteiger partial charge in [-0.2, -0.15) is 25.3 Å². The third-order valence-electron chi connectivity index (χ3n) is 3.25. The minimum Gasteiger partial charge on any atom is -0.298 e. The van der Waals surface area contributed by atoms with Crippen LogP contribution in [-0.2, 0) is 0 Å². The van der Waals surface area contributed by atoms with E-state index in [1.54, 1.807) is 24.3 Å². The van der Waals surface area contributed by atoms with Crippen molar-refractivity contribution in [2.24, 2.45) is 0 Å². The number of carbonyl (C=O) groups excluding carboxylic acids is 1. The van der Waals surface area contributed by atoms with Crippen molar-refractivity contribution >= 4 is 78.3 Å². The van der Waals surface area contributed by atoms with Crippen molar-refractivity contribution in [2.45, 2.75) is 17.4 Å². The second-order valence-electron chi connectivity index (χ2n) is 5.46. The maximum Gasteiger partial charge on any atom is 0.150 e. The quantitative estimate of drug-likeness (QED) is 0.347. The number of rotatable bonds is 4. The summed E-state index contributed by atoms with van der Waals surface area (Å²) in [6.07, 6.45) is 3.23. The molecule has 1 aliphatic heterocycles. The molecule has 0 N–H and O–H groups in total. The van der Waals surface area contributed by atoms with Gasteiger partial charge in [-0.25, -0.2) is 0 Å². The average Bonchev–Trinajstić information content (AvgIpc) is 2.70. The molecule has 0 spiro atoms. The standard InChI is InChI=1S/C10H11ClS2.C7H5ClO.C3H8S2/c11-9-4-1-3-8(7-9)10-12-5-2-6-13-10;8-7-3-1-2-6(4-7)5-9;4-2-1-3-5/h1,3-4,7,10H,2,5-6H2;1-5H;4-5H,1-3H2. The highest BCUT2D eigenvalue weighted by atomic mass is 35.5. The van der Waals surface area contributed by atoms with Crippen molar-refractivity contribution < 1.29 is 4.79 Å². The third kappa shape index (κ3) is 11.6. The molecule has 0 saturated carbocycles. The lowest BCUT2D eigenvalue weighted by molar-refractivity contribution is 0.112. The maximum absolute atomic E-state index is 10.1. The van der Waals surface area contributed by atoms with Crippen LogP contribution >= 0.6 is 72.0 Å². The number of thiol groups is 2. The minimum atomic E-state index is 0.597. The van der Waals surface area contributed by atoms with Gasteiger partial charge in [0, 0.05) is 15.6 Å². The van der Waals surface area contributed by atoms with Crippen LogP contribution in [0.5, 0.6) is 0 Å². The molecule has 1 nitrogen and oxygen atoms in total. The number of benzene rings is 2. The van der Waals surface area contributed by atoms with Crippen LogP contribution in [0, 0.1) is 0 Å². The zero-order chi connectivity index (χ0) is 19.9. The van der Waals surface area contributed by atoms with Gasteiger partial charge < -0.3 is 0 Å². The highest BCUT2D eigenvalue weighted by Gasteiger charge is 2.16. The third-order valence-corrected chi connectivity index (χ3v) is 7.37. The Morgan fingerprint density at radius 2 is 1.56 bits per heavy atom. The fourth-order valence-corrected chi connectivity index (χ4v) is 5.82. The first-order chi connectivity index (χ1) is 13.1. The normalized spacial score (nSPS) is 13.6. The van der Waals surface area contributed by atoms with Crippen LogP contribution in [0.4, 0.5) is 0 Å². The topological polar surface area (TPSA) is 17.1 Å². The van der Waals surface area contributed by atoms with E-state index in [2.05, 4.69) is 37.4 Å². The lowest BCUT2D eigenvalue weighted by Gasteiger charge is -2.21. The molecule has 1 saturated heterocycles. The number of halogens is 2. The number of hydrogen-bond acceptors (Lipinski definition) is 5. The fraction of sp³-hybridized carbons (Fsp3) is 0.350. The second-order valence-corrected chi connectivity index (χ2v) is 9.95. The van der Waals surface area contributed by atoms with Gasteiger partial charge in [-0.3, -0.25) is 4.79 Å². The molecule has 148 valence electrons. The van der Waals surface area contributed by atoms with Crippen LogP contribution in [0.2, 0.25) is 10.0 Å². The highest BCUT2D eigenvalue weighted by molar-refractivity contribution is 8.16. The van der Waals surface area contributed by atoms with Crippen LogP contribution in [-0.4, -0.2) is 29.3 Å². The Hall–Kier alpha value is 0.0900. The van der Waals surface area contributed by atoms with E-state index in [9.17, 15) is 4.79 Å². The Morgan fingerprint density at radius 1 is 0.963 bits per heavy atom. The first-order valence-corrected chi connectivity index (χ1v) is 12.6. The van der Waals surface area contributed by atoms with Crippen LogP contribution in [0.25, 0.3) is 0 Å². The zero-order valence-electron chi connectivity index (χ0n) is 14.9. The maximum atomic E-state index is 10.1. The van der Waals surface area contributed by atoms with E-state index in [0.29, 0.717) is 15.2 Å². The summed E-state index contributed by atoms with van der Waals surface area (Å²) in [5.41, 5.74) is 1.98. The molecule has 1 aliphatic rings. The van der Waals surface area contributed by atoms with Gasteiger partial charge >= 0.3 is 0 Å². The van der Waals surface area contributed by atoms with Crippen LogP contribution in [0.15, 0.2) is 48.5 Å². The first kappa shape index (κ1) is 25.1. The van der Waals surface area contributed by atoms with Gasteiger partial charge in [-0.15, -0.1) is 23.5 Å². The van der Waals surface area contributed by atoms with Crippen LogP contribution in [0.1, 0.15) is 33.3 Å². The summed E-state index contributed by atoms with van der Waals surface area (Å²) >= 11 is 23.5. The van der Waals surface area contributed by atoms with Crippen molar-refractivity contribution in [1.29, 1.82) is 0 Å². The number of thioether (sulfide) groups is 2. The molecular weight excluding hydrogens is 455 g/mol. The summed E-state index contributed by atoms with van der Waals surface area (Å²) in [5, 5.41) is 1.45. The summed E-state index contributed by atoms with van der Waals surface area (Å²) in [7, 11) is 0. The predicted molar refractivity (Wildman–Crippen MR) is 133 cm³/mol. The van der Waals surface area contributed by atoms with Gasteiger partial charge in [0.25, 0.3) is 0 Å². The molecule has 3 rings (SSSR count). The van der Waals surface area contributed by atoms with E-state index in [1.165, 1.54) is 23.5 Å². The van der Waals surface area contributed by atoms with Gasteiger partial charge in [-0.1, -0.05) is 47.5 Å². The van der Waals surface area contributed by atoms with E-state index >= 15 is 0 Å². The van der Waals surface area contributed by atoms with Crippen LogP contribution in [0.3, 0.4) is 0 Å². The molecule has 0 amide bonds. The monoisotopic (exact) mass is 478 g/mol. The Morgan fingerprint density at radius 3 is 2.00 bits per heavy atom. The molecule has 0 unspecified atom stereocenters. The lowest BCUT2D eigenvalue weighted by Crippen LogP contribution is -1.99. The lowest BCUT2D eigenvalue weighted by atomic mass is 10.2. The van der Waals surface area contributed by atoms with Crippen molar-refractivity contribution in [3.8, 4) is 0 Å². The highest BCUT2D eigenvalue weighted by Crippen LogP contribution is 2.43. The number of carbonyl (C=O) groups is 1. The summed E-state index contributed by atoms with van der Waals surface area (Å²) in [6.45, 7) is 0. The molecule has 0 radical (unpaired) electrons. The van der Waals surface area contributed by atoms with Gasteiger partial charge in [0.05, 0.1) is 4.58 Å². The molecule has 2 aromatic rings. The minimum absolute atomic E-state index is 0.597. The Balaban J connectivity index is 0.000000227. The molecule has 1 heterocycles. The number of aldehydes is 1. The Kier molecular flexibility index (Phi) is 14.8. The van der Waals surface area contributed by atoms with Gasteiger partial charge in [0.2, 0.25) is 0 Å². The molecule has 0 aliphatic carbocycles. The predicted octanol–water partition coefficient (Wildman–Crippen LogP) is 7.60. The molecule has 1 fully saturated rings. The molecule has 0 atom stereocenters. The Bertz CT molecular complexity index is 662. The summed E-state index contributed by atoms with van der Waals surface area (Å²) in [6, 6.07) is 15.0. The smallest absolute Gasteiger partial charge is 0.150 e. The molecule has 0 bridgehead atoms. The molecule has 0 aromatic heterocycles. The second kappa shape index (κ2) is 15.9. The van der Waals surface area contributed by atoms with Crippen LogP contribution < -0.4 is 0 Å². The van der Waals surface area contributed by atoms with Gasteiger partial charge in [0.15, 0.2) is 0 Å². The van der Waals surface area contributed by atoms with E-state index in [-0.39, 0.29) is 0 Å². The summed E-state index contributed by atoms with van der Waals surface area (Å²) < 4.78 is 0.604. The average molecular weight is 480 g/mol. The largest absolute Gasteiger partial charge is 0.298 e. The summed E-state index contributed by atoms with van der Waals surface area (Å²) in [4.78, 5) is 10.1. The molecular formula is C20H24Cl2OS4. The summed E-state index contributed by atoms with van der Waals surface area (Å²) in [5.74, 6) is 4.49. The molecule has 27 heavy (non-hydrogen) atoms. The number of hydrogen-bond donors (Lipinski definition) is 2. The van der Waals surface area contributed by atoms with Crippen molar-refractivity contribution in [2.75, 3.05) is 23.0 Å². The van der Waals surface area contributed by atoms with Crippen molar-refractivity contribution in [1.82, 2.24) is 0 Å². The van der Waals surface area contributed by atoms with Gasteiger partial charge in [-0.05, 0) is 65.7 Å². The zero-order valence-corrected chi connectivity index (χ0v) is 19.8. The van der Waals surface area contributed by atoms with E-state index in [1.807, 2.05) is 35.7 Å². The Labute approximate surface area is 192 Å².